The van der Waals surface area contributed by atoms with Crippen LogP contribution in [0.1, 0.15) is 12.0 Å². The molecule has 1 fully saturated rings. The number of allylic oxidation sites excluding steroid dienone is 3. The normalized spacial score (nSPS) is 18.3. The first kappa shape index (κ1) is 23.4. The van der Waals surface area contributed by atoms with Crippen molar-refractivity contribution >= 4 is 47.8 Å². The van der Waals surface area contributed by atoms with Gasteiger partial charge in [-0.2, -0.15) is 0 Å². The monoisotopic (exact) mass is 489 g/mol. The number of hydrogen-bond donors (Lipinski definition) is 2. The van der Waals surface area contributed by atoms with Crippen molar-refractivity contribution < 1.29 is 4.74 Å². The van der Waals surface area contributed by atoms with Gasteiger partial charge in [0.05, 0.1) is 0 Å². The summed E-state index contributed by atoms with van der Waals surface area (Å²) < 4.78 is 5.78. The Labute approximate surface area is 212 Å². The third kappa shape index (κ3) is 4.79. The van der Waals surface area contributed by atoms with Crippen LogP contribution in [0.4, 0.5) is 23.1 Å². The van der Waals surface area contributed by atoms with Crippen LogP contribution >= 0.6 is 11.6 Å². The van der Waals surface area contributed by atoms with Gasteiger partial charge < -0.3 is 4.90 Å². The molecule has 0 saturated carbocycles. The van der Waals surface area contributed by atoms with Crippen molar-refractivity contribution in [3.8, 4) is 0 Å². The fourth-order valence-corrected chi connectivity index (χ4v) is 4.69. The first-order chi connectivity index (χ1) is 16.9. The zero-order chi connectivity index (χ0) is 24.5. The first-order valence-corrected chi connectivity index (χ1v) is 12.0. The van der Waals surface area contributed by atoms with Gasteiger partial charge in [-0.1, -0.05) is 0 Å². The second-order valence-electron chi connectivity index (χ2n) is 8.89. The second kappa shape index (κ2) is 9.75. The third-order valence-electron chi connectivity index (χ3n) is 6.56. The second-order valence-corrected chi connectivity index (χ2v) is 9.33. The molecule has 0 radical (unpaired) electrons. The van der Waals surface area contributed by atoms with Gasteiger partial charge in [0.2, 0.25) is 0 Å². The van der Waals surface area contributed by atoms with Crippen LogP contribution in [0.5, 0.6) is 0 Å². The van der Waals surface area contributed by atoms with E-state index in [-0.39, 0.29) is 0 Å². The molecule has 0 spiro atoms. The predicted octanol–water partition coefficient (Wildman–Crippen LogP) is 3.06. The van der Waals surface area contributed by atoms with Crippen LogP contribution in [0, 0.1) is 0 Å². The van der Waals surface area contributed by atoms with Crippen LogP contribution in [0.3, 0.4) is 0 Å². The van der Waals surface area contributed by atoms with E-state index in [4.69, 9.17) is 21.3 Å². The fraction of sp³-hybridized carbons (Fsp3) is 0.320. The van der Waals surface area contributed by atoms with Crippen LogP contribution in [0.2, 0.25) is 5.02 Å². The molecule has 3 aliphatic rings. The van der Waals surface area contributed by atoms with E-state index in [0.29, 0.717) is 17.4 Å². The van der Waals surface area contributed by atoms with Crippen LogP contribution in [-0.2, 0) is 4.74 Å². The Balaban J connectivity index is 1.44. The number of nitrogens with one attached hydrogen (secondary N) is 2. The minimum atomic E-state index is 0.495. The van der Waals surface area contributed by atoms with Gasteiger partial charge in [0.1, 0.15) is 0 Å². The quantitative estimate of drug-likeness (QED) is 0.635. The number of rotatable bonds is 4. The molecule has 2 aliphatic heterocycles. The van der Waals surface area contributed by atoms with Crippen molar-refractivity contribution in [3.05, 3.63) is 70.4 Å². The van der Waals surface area contributed by atoms with Crippen molar-refractivity contribution in [1.82, 2.24) is 19.8 Å². The number of halogens is 1. The topological polar surface area (TPSA) is 68.8 Å². The third-order valence-corrected chi connectivity index (χ3v) is 6.79. The molecule has 0 atom stereocenters. The van der Waals surface area contributed by atoms with Gasteiger partial charge in [-0.3, -0.25) is 0 Å². The number of piperazine rings is 1. The van der Waals surface area contributed by atoms with E-state index in [1.54, 1.807) is 13.3 Å². The Morgan fingerprint density at radius 1 is 1.17 bits per heavy atom. The van der Waals surface area contributed by atoms with Crippen LogP contribution in [-0.4, -0.2) is 80.2 Å². The van der Waals surface area contributed by atoms with Crippen molar-refractivity contribution in [2.45, 2.75) is 6.42 Å². The van der Waals surface area contributed by atoms with E-state index in [1.807, 2.05) is 30.1 Å². The van der Waals surface area contributed by atoms with Gasteiger partial charge in [-0.25, -0.2) is 0 Å². The molecular weight excluding hydrogens is 461 g/mol. The van der Waals surface area contributed by atoms with Gasteiger partial charge >= 0.3 is 174 Å². The molecule has 1 aliphatic carbocycles. The summed E-state index contributed by atoms with van der Waals surface area (Å²) in [6, 6.07) is 5.74. The zero-order valence-corrected chi connectivity index (χ0v) is 21.1. The molecule has 0 bridgehead atoms. The number of ether oxygens (including phenoxy) is 1. The van der Waals surface area contributed by atoms with Gasteiger partial charge in [0.25, 0.3) is 0 Å². The summed E-state index contributed by atoms with van der Waals surface area (Å²) in [4.78, 5) is 16.2. The molecule has 35 heavy (non-hydrogen) atoms. The van der Waals surface area contributed by atoms with E-state index in [9.17, 15) is 0 Å². The summed E-state index contributed by atoms with van der Waals surface area (Å²) in [5.74, 6) is 2.01. The number of nitrogens with zero attached hydrogens (tertiary/aromatic N) is 5. The van der Waals surface area contributed by atoms with Crippen LogP contribution in [0.25, 0.3) is 0 Å². The molecule has 1 aromatic heterocycles. The average molecular weight is 490 g/mol. The van der Waals surface area contributed by atoms with E-state index in [0.717, 1.165) is 71.7 Å². The summed E-state index contributed by atoms with van der Waals surface area (Å²) in [6.45, 7) is 4.10. The predicted molar refractivity (Wildman–Crippen MR) is 145 cm³/mol. The molecule has 2 aromatic rings. The molecule has 0 amide bonds. The minimum absolute atomic E-state index is 0.495. The Morgan fingerprint density at radius 2 is 1.97 bits per heavy atom. The van der Waals surface area contributed by atoms with E-state index < -0.39 is 0 Å². The summed E-state index contributed by atoms with van der Waals surface area (Å²) in [5, 5.41) is 7.38. The van der Waals surface area contributed by atoms with Crippen molar-refractivity contribution in [2.75, 3.05) is 62.9 Å². The number of aromatic nitrogens is 2. The molecule has 0 unspecified atom stereocenters. The Morgan fingerprint density at radius 3 is 2.74 bits per heavy atom. The van der Waals surface area contributed by atoms with E-state index in [2.05, 4.69) is 58.2 Å². The standard InChI is InChI=1S/C25H29BClN7O/c1-32-9-11-34(12-10-32)17-5-4-6-19(22(14-17)35-3)30-25-28-15-20-24(31-25)33(2)21-8-7-16(27)13-18(21)23(26)29-20/h4-5,7-8,13-15,26,29H,6,9-12H2,1-3H3,(H,28,30,31). The van der Waals surface area contributed by atoms with E-state index in [1.165, 1.54) is 0 Å². The molecule has 8 nitrogen and oxygen atoms in total. The van der Waals surface area contributed by atoms with Crippen LogP contribution in [0.15, 0.2) is 59.8 Å². The van der Waals surface area contributed by atoms with Gasteiger partial charge in [0, 0.05) is 26.2 Å². The summed E-state index contributed by atoms with van der Waals surface area (Å²) in [5.41, 5.74) is 5.48. The van der Waals surface area contributed by atoms with Crippen LogP contribution < -0.4 is 15.5 Å². The molecule has 2 N–H and O–H groups in total. The average Bonchev–Trinajstić information content (AvgIpc) is 3.11. The number of methoxy groups -OCH3 is 1. The summed E-state index contributed by atoms with van der Waals surface area (Å²) >= 11 is 6.24. The molecule has 1 saturated heterocycles. The number of benzene rings is 1. The fourth-order valence-electron chi connectivity index (χ4n) is 4.52. The van der Waals surface area contributed by atoms with Gasteiger partial charge in [-0.15, -0.1) is 0 Å². The Hall–Kier alpha value is -3.30. The molecule has 10 heteroatoms. The first-order valence-electron chi connectivity index (χ1n) is 11.7. The number of fused-ring (bicyclic) bond motifs is 2. The van der Waals surface area contributed by atoms with Crippen molar-refractivity contribution in [1.29, 1.82) is 0 Å². The van der Waals surface area contributed by atoms with Gasteiger partial charge in [0.15, 0.2) is 0 Å². The molecular formula is C25H29BClN7O. The SMILES string of the molecule is B=C1Nc2cnc(NC3=C(OC)C=C(N4CCN(C)CC4)C=CC3)nc2N(C)c2ccc(Cl)cc21. The molecule has 1 aromatic carbocycles. The van der Waals surface area contributed by atoms with Crippen molar-refractivity contribution in [3.63, 3.8) is 0 Å². The molecule has 3 heterocycles. The number of anilines is 4. The number of likely N-dealkylation sites (N-methyl/N-ethyl adjacent to an activating group) is 1. The Kier molecular flexibility index (Phi) is 6.53. The van der Waals surface area contributed by atoms with Gasteiger partial charge in [-0.05, 0) is 7.05 Å². The molecule has 180 valence electrons. The summed E-state index contributed by atoms with van der Waals surface area (Å²) in [7, 11) is 10.0. The van der Waals surface area contributed by atoms with E-state index >= 15 is 0 Å². The molecule has 5 rings (SSSR count). The maximum atomic E-state index is 6.24. The summed E-state index contributed by atoms with van der Waals surface area (Å²) in [6.07, 6.45) is 8.87. The Bertz CT molecular complexity index is 1250. The maximum absolute atomic E-state index is 6.24. The van der Waals surface area contributed by atoms with Crippen molar-refractivity contribution in [2.24, 2.45) is 0 Å². The number of hydrogen-bond acceptors (Lipinski definition) is 8. The zero-order valence-electron chi connectivity index (χ0n) is 20.3.